The Hall–Kier alpha value is -3.11. The molecule has 0 amide bonds. The lowest BCUT2D eigenvalue weighted by Gasteiger charge is -1.98. The van der Waals surface area contributed by atoms with Gasteiger partial charge in [0.25, 0.3) is 0 Å². The molecule has 3 aromatic rings. The van der Waals surface area contributed by atoms with Crippen LogP contribution in [0.4, 0.5) is 5.69 Å². The van der Waals surface area contributed by atoms with Crippen LogP contribution in [-0.4, -0.2) is 6.21 Å². The molecule has 22 heavy (non-hydrogen) atoms. The normalized spacial score (nSPS) is 10.2. The van der Waals surface area contributed by atoms with Gasteiger partial charge < -0.3 is 0 Å². The van der Waals surface area contributed by atoms with E-state index in [9.17, 15) is 0 Å². The van der Waals surface area contributed by atoms with Crippen LogP contribution in [0.25, 0.3) is 0 Å². The van der Waals surface area contributed by atoms with E-state index in [1.807, 2.05) is 91.1 Å². The summed E-state index contributed by atoms with van der Waals surface area (Å²) in [4.78, 5) is 4.50. The molecule has 0 aliphatic rings. The zero-order chi connectivity index (χ0) is 15.0. The van der Waals surface area contributed by atoms with Crippen LogP contribution in [0, 0.1) is 11.8 Å². The lowest BCUT2D eigenvalue weighted by Crippen LogP contribution is -1.87. The van der Waals surface area contributed by atoms with Crippen molar-refractivity contribution >= 4 is 11.9 Å². The van der Waals surface area contributed by atoms with Crippen LogP contribution in [0.1, 0.15) is 16.7 Å². The largest absolute Gasteiger partial charge is 0.256 e. The average Bonchev–Trinajstić information content (AvgIpc) is 2.61. The molecule has 0 N–H and O–H groups in total. The molecule has 1 heteroatoms. The lowest BCUT2D eigenvalue weighted by atomic mass is 10.1. The first-order chi connectivity index (χ1) is 10.9. The monoisotopic (exact) mass is 281 g/mol. The molecule has 0 spiro atoms. The van der Waals surface area contributed by atoms with Gasteiger partial charge in [0.15, 0.2) is 0 Å². The highest BCUT2D eigenvalue weighted by Crippen LogP contribution is 2.11. The maximum atomic E-state index is 4.50. The van der Waals surface area contributed by atoms with E-state index in [2.05, 4.69) is 16.8 Å². The maximum absolute atomic E-state index is 4.50. The van der Waals surface area contributed by atoms with E-state index >= 15 is 0 Å². The molecular weight excluding hydrogens is 266 g/mol. The molecule has 3 rings (SSSR count). The van der Waals surface area contributed by atoms with E-state index in [0.29, 0.717) is 0 Å². The smallest absolute Gasteiger partial charge is 0.0629 e. The quantitative estimate of drug-likeness (QED) is 0.471. The lowest BCUT2D eigenvalue weighted by molar-refractivity contribution is 1.52. The van der Waals surface area contributed by atoms with Crippen LogP contribution in [0.15, 0.2) is 89.9 Å². The average molecular weight is 281 g/mol. The third-order valence-electron chi connectivity index (χ3n) is 3.18. The third-order valence-corrected chi connectivity index (χ3v) is 3.18. The molecule has 0 aliphatic carbocycles. The van der Waals surface area contributed by atoms with Crippen LogP contribution < -0.4 is 0 Å². The molecule has 1 nitrogen and oxygen atoms in total. The Morgan fingerprint density at radius 2 is 1.27 bits per heavy atom. The SMILES string of the molecule is C(#Cc1ccccc1C=Nc1ccccc1)c1ccccc1. The Balaban J connectivity index is 1.88. The van der Waals surface area contributed by atoms with E-state index in [0.717, 1.165) is 22.4 Å². The van der Waals surface area contributed by atoms with E-state index in [-0.39, 0.29) is 0 Å². The third kappa shape index (κ3) is 3.71. The van der Waals surface area contributed by atoms with Gasteiger partial charge in [0.05, 0.1) is 5.69 Å². The van der Waals surface area contributed by atoms with Crippen LogP contribution in [0.2, 0.25) is 0 Å². The first-order valence-electron chi connectivity index (χ1n) is 7.17. The fourth-order valence-corrected chi connectivity index (χ4v) is 2.04. The summed E-state index contributed by atoms with van der Waals surface area (Å²) in [5.41, 5.74) is 3.95. The van der Waals surface area contributed by atoms with Gasteiger partial charge in [-0.25, -0.2) is 0 Å². The van der Waals surface area contributed by atoms with Gasteiger partial charge in [-0.1, -0.05) is 66.4 Å². The minimum absolute atomic E-state index is 0.938. The fraction of sp³-hybridized carbons (Fsp3) is 0. The number of hydrogen-bond acceptors (Lipinski definition) is 1. The molecule has 0 atom stereocenters. The Labute approximate surface area is 131 Å². The number of para-hydroxylation sites is 1. The molecule has 0 radical (unpaired) electrons. The second kappa shape index (κ2) is 7.06. The van der Waals surface area contributed by atoms with Crippen molar-refractivity contribution in [1.82, 2.24) is 0 Å². The van der Waals surface area contributed by atoms with Crippen molar-refractivity contribution < 1.29 is 0 Å². The second-order valence-electron chi connectivity index (χ2n) is 4.80. The standard InChI is InChI=1S/C21H15N/c1-3-9-18(10-4-1)15-16-19-11-7-8-12-20(19)17-22-21-13-5-2-6-14-21/h1-14,17H. The summed E-state index contributed by atoms with van der Waals surface area (Å²) < 4.78 is 0. The van der Waals surface area contributed by atoms with Gasteiger partial charge in [0.1, 0.15) is 0 Å². The molecule has 0 saturated carbocycles. The summed E-state index contributed by atoms with van der Waals surface area (Å²) in [5.74, 6) is 6.41. The van der Waals surface area contributed by atoms with Gasteiger partial charge in [-0.2, -0.15) is 0 Å². The van der Waals surface area contributed by atoms with Crippen LogP contribution in [-0.2, 0) is 0 Å². The number of hydrogen-bond donors (Lipinski definition) is 0. The van der Waals surface area contributed by atoms with E-state index in [4.69, 9.17) is 0 Å². The minimum Gasteiger partial charge on any atom is -0.256 e. The van der Waals surface area contributed by atoms with Gasteiger partial charge in [-0.05, 0) is 30.3 Å². The summed E-state index contributed by atoms with van der Waals surface area (Å²) in [7, 11) is 0. The van der Waals surface area contributed by atoms with Crippen LogP contribution in [0.3, 0.4) is 0 Å². The summed E-state index contributed by atoms with van der Waals surface area (Å²) in [6.45, 7) is 0. The molecule has 0 fully saturated rings. The Morgan fingerprint density at radius 3 is 2.05 bits per heavy atom. The van der Waals surface area contributed by atoms with E-state index in [1.54, 1.807) is 0 Å². The Bertz CT molecular complexity index is 822. The minimum atomic E-state index is 0.938. The van der Waals surface area contributed by atoms with E-state index in [1.165, 1.54) is 0 Å². The summed E-state index contributed by atoms with van der Waals surface area (Å²) in [6, 6.07) is 27.9. The molecule has 0 aliphatic heterocycles. The van der Waals surface area contributed by atoms with Crippen molar-refractivity contribution in [2.75, 3.05) is 0 Å². The van der Waals surface area contributed by atoms with Gasteiger partial charge in [-0.15, -0.1) is 0 Å². The molecule has 3 aromatic carbocycles. The number of nitrogens with zero attached hydrogens (tertiary/aromatic N) is 1. The van der Waals surface area contributed by atoms with Gasteiger partial charge in [0.2, 0.25) is 0 Å². The fourth-order valence-electron chi connectivity index (χ4n) is 2.04. The summed E-state index contributed by atoms with van der Waals surface area (Å²) >= 11 is 0. The highest BCUT2D eigenvalue weighted by atomic mass is 14.7. The van der Waals surface area contributed by atoms with Crippen molar-refractivity contribution in [1.29, 1.82) is 0 Å². The molecule has 0 saturated heterocycles. The van der Waals surface area contributed by atoms with Crippen molar-refractivity contribution in [2.24, 2.45) is 4.99 Å². The molecule has 0 aromatic heterocycles. The zero-order valence-electron chi connectivity index (χ0n) is 12.1. The molecule has 0 heterocycles. The van der Waals surface area contributed by atoms with Gasteiger partial charge in [-0.3, -0.25) is 4.99 Å². The Kier molecular flexibility index (Phi) is 4.44. The van der Waals surface area contributed by atoms with Crippen molar-refractivity contribution in [3.63, 3.8) is 0 Å². The predicted octanol–water partition coefficient (Wildman–Crippen LogP) is 4.84. The highest BCUT2D eigenvalue weighted by molar-refractivity contribution is 5.85. The van der Waals surface area contributed by atoms with E-state index < -0.39 is 0 Å². The highest BCUT2D eigenvalue weighted by Gasteiger charge is 1.95. The summed E-state index contributed by atoms with van der Waals surface area (Å²) in [6.07, 6.45) is 1.87. The van der Waals surface area contributed by atoms with Crippen LogP contribution in [0.5, 0.6) is 0 Å². The van der Waals surface area contributed by atoms with Crippen LogP contribution >= 0.6 is 0 Å². The first-order valence-corrected chi connectivity index (χ1v) is 7.17. The topological polar surface area (TPSA) is 12.4 Å². The van der Waals surface area contributed by atoms with Crippen molar-refractivity contribution in [2.45, 2.75) is 0 Å². The first kappa shape index (κ1) is 13.9. The zero-order valence-corrected chi connectivity index (χ0v) is 12.1. The molecule has 0 unspecified atom stereocenters. The van der Waals surface area contributed by atoms with Gasteiger partial charge >= 0.3 is 0 Å². The molecular formula is C21H15N. The predicted molar refractivity (Wildman–Crippen MR) is 92.6 cm³/mol. The number of rotatable bonds is 2. The van der Waals surface area contributed by atoms with Crippen molar-refractivity contribution in [3.8, 4) is 11.8 Å². The summed E-state index contributed by atoms with van der Waals surface area (Å²) in [5, 5.41) is 0. The number of benzene rings is 3. The molecule has 104 valence electrons. The Morgan fingerprint density at radius 1 is 0.636 bits per heavy atom. The second-order valence-corrected chi connectivity index (χ2v) is 4.80. The molecule has 0 bridgehead atoms. The van der Waals surface area contributed by atoms with Crippen molar-refractivity contribution in [3.05, 3.63) is 102 Å². The van der Waals surface area contributed by atoms with Gasteiger partial charge in [0, 0.05) is 22.9 Å². The number of aliphatic imine (C=N–C) groups is 1. The maximum Gasteiger partial charge on any atom is 0.0629 e.